The summed E-state index contributed by atoms with van der Waals surface area (Å²) in [7, 11) is 4.05. The average molecular weight is 471 g/mol. The van der Waals surface area contributed by atoms with Gasteiger partial charge in [-0.2, -0.15) is 0 Å². The van der Waals surface area contributed by atoms with E-state index in [1.54, 1.807) is 18.2 Å². The molecule has 0 radical (unpaired) electrons. The summed E-state index contributed by atoms with van der Waals surface area (Å²) in [5.74, 6) is 0.109. The first-order chi connectivity index (χ1) is 16.7. The third-order valence-corrected chi connectivity index (χ3v) is 5.57. The van der Waals surface area contributed by atoms with Crippen molar-refractivity contribution < 1.29 is 9.90 Å². The lowest BCUT2D eigenvalue weighted by molar-refractivity contribution is -0.122. The maximum atomic E-state index is 13.7. The third kappa shape index (κ3) is 5.58. The van der Waals surface area contributed by atoms with Gasteiger partial charge in [-0.05, 0) is 75.0 Å². The summed E-state index contributed by atoms with van der Waals surface area (Å²) in [6, 6.07) is 20.3. The summed E-state index contributed by atoms with van der Waals surface area (Å²) in [5.41, 5.74) is 3.86. The molecule has 2 N–H and O–H groups in total. The molecule has 0 aliphatic rings. The quantitative estimate of drug-likeness (QED) is 0.426. The molecule has 35 heavy (non-hydrogen) atoms. The summed E-state index contributed by atoms with van der Waals surface area (Å²) >= 11 is 0. The lowest BCUT2D eigenvalue weighted by Gasteiger charge is -2.16. The zero-order chi connectivity index (χ0) is 25.1. The maximum absolute atomic E-state index is 13.7. The van der Waals surface area contributed by atoms with Gasteiger partial charge in [-0.15, -0.1) is 0 Å². The molecule has 3 aromatic carbocycles. The van der Waals surface area contributed by atoms with Crippen LogP contribution in [0.1, 0.15) is 19.4 Å². The summed E-state index contributed by atoms with van der Waals surface area (Å²) in [4.78, 5) is 33.2. The fourth-order valence-corrected chi connectivity index (χ4v) is 4.14. The first kappa shape index (κ1) is 24.2. The van der Waals surface area contributed by atoms with E-state index in [-0.39, 0.29) is 29.8 Å². The Morgan fingerprint density at radius 2 is 1.71 bits per heavy atom. The van der Waals surface area contributed by atoms with Crippen LogP contribution in [0.4, 0.5) is 0 Å². The van der Waals surface area contributed by atoms with E-state index in [2.05, 4.69) is 22.3 Å². The minimum Gasteiger partial charge on any atom is -0.508 e. The SMILES string of the molecule is CC(C)NC(=O)Cn1c(-c2cccc(O)c2)nc2ccc(-c3cccc(CN(C)C)c3)cc2c1=O. The summed E-state index contributed by atoms with van der Waals surface area (Å²) in [5, 5.41) is 13.3. The zero-order valence-electron chi connectivity index (χ0n) is 20.4. The molecule has 0 fully saturated rings. The highest BCUT2D eigenvalue weighted by atomic mass is 16.3. The number of amides is 1. The van der Waals surface area contributed by atoms with Crippen LogP contribution in [0.3, 0.4) is 0 Å². The van der Waals surface area contributed by atoms with E-state index in [0.29, 0.717) is 22.3 Å². The Balaban J connectivity index is 1.86. The number of aromatic hydroxyl groups is 1. The third-order valence-electron chi connectivity index (χ3n) is 5.57. The molecular formula is C28H30N4O3. The van der Waals surface area contributed by atoms with Crippen LogP contribution in [-0.2, 0) is 17.9 Å². The summed E-state index contributed by atoms with van der Waals surface area (Å²) in [6.07, 6.45) is 0. The number of hydrogen-bond donors (Lipinski definition) is 2. The monoisotopic (exact) mass is 470 g/mol. The second kappa shape index (κ2) is 10.1. The van der Waals surface area contributed by atoms with Crippen LogP contribution in [0, 0.1) is 0 Å². The van der Waals surface area contributed by atoms with Crippen LogP contribution < -0.4 is 10.9 Å². The predicted octanol–water partition coefficient (Wildman–Crippen LogP) is 4.02. The Morgan fingerprint density at radius 3 is 2.43 bits per heavy atom. The van der Waals surface area contributed by atoms with Crippen molar-refractivity contribution in [1.29, 1.82) is 0 Å². The van der Waals surface area contributed by atoms with E-state index in [0.717, 1.165) is 17.7 Å². The minimum atomic E-state index is -0.307. The molecule has 7 nitrogen and oxygen atoms in total. The lowest BCUT2D eigenvalue weighted by Crippen LogP contribution is -2.37. The molecule has 0 unspecified atom stereocenters. The second-order valence-corrected chi connectivity index (χ2v) is 9.27. The van der Waals surface area contributed by atoms with Crippen molar-refractivity contribution in [1.82, 2.24) is 19.8 Å². The number of fused-ring (bicyclic) bond motifs is 1. The molecular weight excluding hydrogens is 440 g/mol. The Labute approximate surface area is 204 Å². The molecule has 0 saturated carbocycles. The van der Waals surface area contributed by atoms with Crippen molar-refractivity contribution in [3.05, 3.63) is 82.6 Å². The normalized spacial score (nSPS) is 11.4. The largest absolute Gasteiger partial charge is 0.508 e. The Bertz CT molecular complexity index is 1440. The first-order valence-corrected chi connectivity index (χ1v) is 11.6. The standard InChI is InChI=1S/C28H30N4O3/c1-18(2)29-26(34)17-32-27(22-9-6-10-23(33)14-22)30-25-12-11-21(15-24(25)28(32)35)20-8-5-7-19(13-20)16-31(3)4/h5-15,18,33H,16-17H2,1-4H3,(H,29,34). The molecule has 0 aliphatic heterocycles. The highest BCUT2D eigenvalue weighted by Crippen LogP contribution is 2.26. The number of hydrogen-bond acceptors (Lipinski definition) is 5. The fraction of sp³-hybridized carbons (Fsp3) is 0.250. The van der Waals surface area contributed by atoms with E-state index < -0.39 is 0 Å². The molecule has 0 spiro atoms. The molecule has 0 aliphatic carbocycles. The van der Waals surface area contributed by atoms with Crippen molar-refractivity contribution in [3.8, 4) is 28.3 Å². The van der Waals surface area contributed by atoms with Gasteiger partial charge < -0.3 is 15.3 Å². The van der Waals surface area contributed by atoms with Crippen molar-refractivity contribution in [3.63, 3.8) is 0 Å². The Morgan fingerprint density at radius 1 is 1.00 bits per heavy atom. The van der Waals surface area contributed by atoms with Crippen LogP contribution in [0.15, 0.2) is 71.5 Å². The van der Waals surface area contributed by atoms with Gasteiger partial charge >= 0.3 is 0 Å². The van der Waals surface area contributed by atoms with Crippen LogP contribution in [0.25, 0.3) is 33.4 Å². The number of phenolic OH excluding ortho intramolecular Hbond substituents is 1. The minimum absolute atomic E-state index is 0.0583. The number of benzene rings is 3. The fourth-order valence-electron chi connectivity index (χ4n) is 4.14. The van der Waals surface area contributed by atoms with Gasteiger partial charge in [0.2, 0.25) is 5.91 Å². The van der Waals surface area contributed by atoms with E-state index >= 15 is 0 Å². The molecule has 1 heterocycles. The van der Waals surface area contributed by atoms with Crippen LogP contribution >= 0.6 is 0 Å². The van der Waals surface area contributed by atoms with E-state index in [1.165, 1.54) is 16.2 Å². The number of nitrogens with one attached hydrogen (secondary N) is 1. The Kier molecular flexibility index (Phi) is 6.98. The van der Waals surface area contributed by atoms with E-state index in [1.807, 2.05) is 58.3 Å². The number of nitrogens with zero attached hydrogens (tertiary/aromatic N) is 3. The zero-order valence-corrected chi connectivity index (χ0v) is 20.4. The molecule has 4 aromatic rings. The molecule has 0 saturated heterocycles. The number of aromatic nitrogens is 2. The van der Waals surface area contributed by atoms with Gasteiger partial charge in [-0.25, -0.2) is 4.98 Å². The predicted molar refractivity (Wildman–Crippen MR) is 139 cm³/mol. The molecule has 1 amide bonds. The van der Waals surface area contributed by atoms with Crippen molar-refractivity contribution in [2.45, 2.75) is 33.0 Å². The lowest BCUT2D eigenvalue weighted by atomic mass is 10.0. The Hall–Kier alpha value is -3.97. The smallest absolute Gasteiger partial charge is 0.262 e. The van der Waals surface area contributed by atoms with E-state index in [4.69, 9.17) is 4.98 Å². The van der Waals surface area contributed by atoms with Gasteiger partial charge in [0, 0.05) is 18.2 Å². The molecule has 180 valence electrons. The summed E-state index contributed by atoms with van der Waals surface area (Å²) in [6.45, 7) is 4.37. The first-order valence-electron chi connectivity index (χ1n) is 11.6. The van der Waals surface area contributed by atoms with Crippen molar-refractivity contribution in [2.24, 2.45) is 0 Å². The van der Waals surface area contributed by atoms with Gasteiger partial charge in [0.25, 0.3) is 5.56 Å². The summed E-state index contributed by atoms with van der Waals surface area (Å²) < 4.78 is 1.38. The topological polar surface area (TPSA) is 87.5 Å². The number of carbonyl (C=O) groups is 1. The van der Waals surface area contributed by atoms with Crippen LogP contribution in [-0.4, -0.2) is 45.6 Å². The van der Waals surface area contributed by atoms with Crippen LogP contribution in [0.5, 0.6) is 5.75 Å². The number of carbonyl (C=O) groups excluding carboxylic acids is 1. The second-order valence-electron chi connectivity index (χ2n) is 9.27. The molecule has 0 bridgehead atoms. The highest BCUT2D eigenvalue weighted by molar-refractivity contribution is 5.86. The van der Waals surface area contributed by atoms with Crippen LogP contribution in [0.2, 0.25) is 0 Å². The van der Waals surface area contributed by atoms with Crippen molar-refractivity contribution >= 4 is 16.8 Å². The van der Waals surface area contributed by atoms with Gasteiger partial charge in [0.05, 0.1) is 10.9 Å². The van der Waals surface area contributed by atoms with Gasteiger partial charge in [-0.3, -0.25) is 14.2 Å². The average Bonchev–Trinajstić information content (AvgIpc) is 2.80. The molecule has 0 atom stereocenters. The molecule has 7 heteroatoms. The van der Waals surface area contributed by atoms with Gasteiger partial charge in [-0.1, -0.05) is 36.4 Å². The van der Waals surface area contributed by atoms with E-state index in [9.17, 15) is 14.7 Å². The molecule has 4 rings (SSSR count). The van der Waals surface area contributed by atoms with Gasteiger partial charge in [0.1, 0.15) is 18.1 Å². The number of phenols is 1. The number of rotatable bonds is 7. The molecule has 1 aromatic heterocycles. The highest BCUT2D eigenvalue weighted by Gasteiger charge is 2.17. The van der Waals surface area contributed by atoms with Crippen molar-refractivity contribution in [2.75, 3.05) is 14.1 Å². The van der Waals surface area contributed by atoms with Gasteiger partial charge in [0.15, 0.2) is 0 Å². The maximum Gasteiger partial charge on any atom is 0.262 e.